The Labute approximate surface area is 119 Å². The van der Waals surface area contributed by atoms with Gasteiger partial charge in [-0.2, -0.15) is 19.6 Å². The number of ether oxygens (including phenoxy) is 2. The Morgan fingerprint density at radius 2 is 1.95 bits per heavy atom. The van der Waals surface area contributed by atoms with Crippen molar-refractivity contribution in [2.75, 3.05) is 6.61 Å². The van der Waals surface area contributed by atoms with Crippen LogP contribution in [0.25, 0.3) is 5.78 Å². The topological polar surface area (TPSA) is 61.5 Å². The Bertz CT molecular complexity index is 727. The molecule has 0 aliphatic heterocycles. The van der Waals surface area contributed by atoms with Gasteiger partial charge >= 0.3 is 0 Å². The lowest BCUT2D eigenvalue weighted by Gasteiger charge is -2.08. The third-order valence-electron chi connectivity index (χ3n) is 2.55. The number of benzene rings is 1. The second-order valence-corrected chi connectivity index (χ2v) is 4.28. The molecule has 0 N–H and O–H groups in total. The number of hydrogen-bond donors (Lipinski definition) is 0. The summed E-state index contributed by atoms with van der Waals surface area (Å²) >= 11 is 5.92. The van der Waals surface area contributed by atoms with E-state index in [-0.39, 0.29) is 0 Å². The van der Waals surface area contributed by atoms with Gasteiger partial charge in [-0.1, -0.05) is 11.6 Å². The number of rotatable bonds is 4. The SMILES string of the molecule is CCOc1ccc(Oc2cc(Cl)nc3ncnn23)cc1. The Morgan fingerprint density at radius 1 is 1.20 bits per heavy atom. The number of halogens is 1. The molecule has 0 saturated carbocycles. The van der Waals surface area contributed by atoms with Crippen molar-refractivity contribution < 1.29 is 9.47 Å². The van der Waals surface area contributed by atoms with Crippen LogP contribution in [0.2, 0.25) is 5.15 Å². The first-order chi connectivity index (χ1) is 9.76. The molecule has 0 aliphatic rings. The summed E-state index contributed by atoms with van der Waals surface area (Å²) in [5.41, 5.74) is 0. The van der Waals surface area contributed by atoms with Gasteiger partial charge in [0.1, 0.15) is 23.0 Å². The average Bonchev–Trinajstić information content (AvgIpc) is 2.89. The van der Waals surface area contributed by atoms with Crippen LogP contribution in [-0.4, -0.2) is 26.2 Å². The maximum absolute atomic E-state index is 5.92. The third kappa shape index (κ3) is 2.50. The van der Waals surface area contributed by atoms with Gasteiger partial charge in [-0.3, -0.25) is 0 Å². The van der Waals surface area contributed by atoms with E-state index in [2.05, 4.69) is 15.1 Å². The summed E-state index contributed by atoms with van der Waals surface area (Å²) in [5.74, 6) is 2.27. The van der Waals surface area contributed by atoms with Gasteiger partial charge in [-0.05, 0) is 31.2 Å². The first kappa shape index (κ1) is 12.7. The summed E-state index contributed by atoms with van der Waals surface area (Å²) in [6.45, 7) is 2.56. The third-order valence-corrected chi connectivity index (χ3v) is 2.74. The van der Waals surface area contributed by atoms with E-state index in [4.69, 9.17) is 21.1 Å². The van der Waals surface area contributed by atoms with Gasteiger partial charge in [0.2, 0.25) is 5.88 Å². The van der Waals surface area contributed by atoms with Crippen LogP contribution in [-0.2, 0) is 0 Å². The lowest BCUT2D eigenvalue weighted by atomic mass is 10.3. The molecular formula is C13H11ClN4O2. The van der Waals surface area contributed by atoms with Gasteiger partial charge in [0.05, 0.1) is 6.61 Å². The van der Waals surface area contributed by atoms with Crippen LogP contribution in [0.5, 0.6) is 17.4 Å². The molecule has 3 rings (SSSR count). The lowest BCUT2D eigenvalue weighted by Crippen LogP contribution is -1.98. The Hall–Kier alpha value is -2.34. The summed E-state index contributed by atoms with van der Waals surface area (Å²) < 4.78 is 12.6. The van der Waals surface area contributed by atoms with Crippen LogP contribution < -0.4 is 9.47 Å². The largest absolute Gasteiger partial charge is 0.494 e. The van der Waals surface area contributed by atoms with Crippen molar-refractivity contribution in [2.24, 2.45) is 0 Å². The van der Waals surface area contributed by atoms with Gasteiger partial charge in [-0.15, -0.1) is 0 Å². The Kier molecular flexibility index (Phi) is 3.39. The zero-order chi connectivity index (χ0) is 13.9. The number of hydrogen-bond acceptors (Lipinski definition) is 5. The van der Waals surface area contributed by atoms with E-state index in [1.54, 1.807) is 6.07 Å². The minimum Gasteiger partial charge on any atom is -0.494 e. The predicted octanol–water partition coefficient (Wildman–Crippen LogP) is 2.97. The van der Waals surface area contributed by atoms with Crippen molar-refractivity contribution in [1.82, 2.24) is 19.6 Å². The van der Waals surface area contributed by atoms with Crippen LogP contribution in [0.4, 0.5) is 0 Å². The lowest BCUT2D eigenvalue weighted by molar-refractivity contribution is 0.339. The maximum atomic E-state index is 5.92. The highest BCUT2D eigenvalue weighted by molar-refractivity contribution is 6.29. The first-order valence-corrected chi connectivity index (χ1v) is 6.41. The molecule has 0 radical (unpaired) electrons. The minimum absolute atomic E-state index is 0.298. The minimum atomic E-state index is 0.298. The molecule has 1 aromatic carbocycles. The fourth-order valence-electron chi connectivity index (χ4n) is 1.72. The van der Waals surface area contributed by atoms with Crippen LogP contribution in [0, 0.1) is 0 Å². The number of aromatic nitrogens is 4. The van der Waals surface area contributed by atoms with E-state index in [9.17, 15) is 0 Å². The van der Waals surface area contributed by atoms with Crippen molar-refractivity contribution in [2.45, 2.75) is 6.92 Å². The summed E-state index contributed by atoms with van der Waals surface area (Å²) in [5, 5.41) is 4.34. The maximum Gasteiger partial charge on any atom is 0.256 e. The van der Waals surface area contributed by atoms with Gasteiger partial charge in [0, 0.05) is 6.07 Å². The van der Waals surface area contributed by atoms with E-state index < -0.39 is 0 Å². The van der Waals surface area contributed by atoms with Gasteiger partial charge in [0.15, 0.2) is 0 Å². The molecule has 102 valence electrons. The highest BCUT2D eigenvalue weighted by atomic mass is 35.5. The summed E-state index contributed by atoms with van der Waals surface area (Å²) in [4.78, 5) is 8.01. The van der Waals surface area contributed by atoms with E-state index in [1.807, 2.05) is 31.2 Å². The van der Waals surface area contributed by atoms with Crippen LogP contribution in [0.3, 0.4) is 0 Å². The molecule has 7 heteroatoms. The molecule has 0 aliphatic carbocycles. The Balaban J connectivity index is 1.90. The highest BCUT2D eigenvalue weighted by Crippen LogP contribution is 2.25. The van der Waals surface area contributed by atoms with Crippen LogP contribution in [0.1, 0.15) is 6.92 Å². The molecule has 0 saturated heterocycles. The average molecular weight is 291 g/mol. The smallest absolute Gasteiger partial charge is 0.256 e. The fraction of sp³-hybridized carbons (Fsp3) is 0.154. The second-order valence-electron chi connectivity index (χ2n) is 3.90. The Morgan fingerprint density at radius 3 is 2.70 bits per heavy atom. The molecule has 0 unspecified atom stereocenters. The van der Waals surface area contributed by atoms with Crippen molar-refractivity contribution in [3.63, 3.8) is 0 Å². The molecule has 20 heavy (non-hydrogen) atoms. The van der Waals surface area contributed by atoms with Crippen molar-refractivity contribution in [3.05, 3.63) is 41.8 Å². The van der Waals surface area contributed by atoms with Crippen LogP contribution in [0.15, 0.2) is 36.7 Å². The molecule has 0 amide bonds. The van der Waals surface area contributed by atoms with E-state index in [1.165, 1.54) is 10.8 Å². The number of nitrogens with zero attached hydrogens (tertiary/aromatic N) is 4. The molecule has 0 bridgehead atoms. The molecule has 0 spiro atoms. The molecule has 0 fully saturated rings. The monoisotopic (exact) mass is 290 g/mol. The summed E-state index contributed by atoms with van der Waals surface area (Å²) in [6, 6.07) is 8.87. The molecule has 2 heterocycles. The summed E-state index contributed by atoms with van der Waals surface area (Å²) in [6.07, 6.45) is 1.39. The highest BCUT2D eigenvalue weighted by Gasteiger charge is 2.08. The summed E-state index contributed by atoms with van der Waals surface area (Å²) in [7, 11) is 0. The molecular weight excluding hydrogens is 280 g/mol. The van der Waals surface area contributed by atoms with Crippen LogP contribution >= 0.6 is 11.6 Å². The second kappa shape index (κ2) is 5.34. The molecule has 6 nitrogen and oxygen atoms in total. The van der Waals surface area contributed by atoms with Gasteiger partial charge in [0.25, 0.3) is 5.78 Å². The molecule has 3 aromatic rings. The zero-order valence-corrected chi connectivity index (χ0v) is 11.4. The quantitative estimate of drug-likeness (QED) is 0.691. The van der Waals surface area contributed by atoms with Gasteiger partial charge < -0.3 is 9.47 Å². The zero-order valence-electron chi connectivity index (χ0n) is 10.7. The normalized spacial score (nSPS) is 10.7. The van der Waals surface area contributed by atoms with Crippen molar-refractivity contribution in [1.29, 1.82) is 0 Å². The number of fused-ring (bicyclic) bond motifs is 1. The van der Waals surface area contributed by atoms with Crippen molar-refractivity contribution >= 4 is 17.4 Å². The predicted molar refractivity (Wildman–Crippen MR) is 73.5 cm³/mol. The van der Waals surface area contributed by atoms with Crippen molar-refractivity contribution in [3.8, 4) is 17.4 Å². The molecule has 0 atom stereocenters. The van der Waals surface area contributed by atoms with E-state index in [0.29, 0.717) is 29.2 Å². The molecule has 2 aromatic heterocycles. The first-order valence-electron chi connectivity index (χ1n) is 6.03. The van der Waals surface area contributed by atoms with E-state index >= 15 is 0 Å². The fourth-order valence-corrected chi connectivity index (χ4v) is 1.89. The van der Waals surface area contributed by atoms with E-state index in [0.717, 1.165) is 5.75 Å². The van der Waals surface area contributed by atoms with Gasteiger partial charge in [-0.25, -0.2) is 0 Å². The standard InChI is InChI=1S/C13H11ClN4O2/c1-2-19-9-3-5-10(6-4-9)20-12-7-11(14)17-13-15-8-16-18(12)13/h3-8H,2H2,1H3.